The van der Waals surface area contributed by atoms with Crippen LogP contribution >= 0.6 is 0 Å². The first-order valence-corrected chi connectivity index (χ1v) is 11.7. The molecule has 0 fully saturated rings. The number of aromatic nitrogens is 2. The summed E-state index contributed by atoms with van der Waals surface area (Å²) >= 11 is 0. The maximum Gasteiger partial charge on any atom is 0.318 e. The number of ether oxygens (including phenoxy) is 1. The minimum Gasteiger partial charge on any atom is -0.383 e. The number of carbonyl (C=O) groups is 1. The molecule has 0 aliphatic carbocycles. The first-order valence-electron chi connectivity index (χ1n) is 10.1. The molecule has 0 bridgehead atoms. The van der Waals surface area contributed by atoms with Gasteiger partial charge in [-0.3, -0.25) is 0 Å². The summed E-state index contributed by atoms with van der Waals surface area (Å²) in [6.07, 6.45) is 3.12. The lowest BCUT2D eigenvalue weighted by Crippen LogP contribution is -2.49. The van der Waals surface area contributed by atoms with Crippen LogP contribution in [0.25, 0.3) is 0 Å². The van der Waals surface area contributed by atoms with Gasteiger partial charge >= 0.3 is 6.03 Å². The highest BCUT2D eigenvalue weighted by atomic mass is 32.2. The lowest BCUT2D eigenvalue weighted by molar-refractivity contribution is 0.141. The van der Waals surface area contributed by atoms with Crippen molar-refractivity contribution >= 4 is 15.9 Å². The number of sulfone groups is 1. The summed E-state index contributed by atoms with van der Waals surface area (Å²) in [6, 6.07) is 8.71. The third kappa shape index (κ3) is 7.22. The standard InChI is InChI=1S/C22H32N4O4S/c1-6-12-26-19(16-25(13-14-30-5)20(27)24-22(2,3)4)15-23-21(26)31(28,29)17-18-10-8-7-9-11-18/h6-11,15H,1,12-14,16-17H2,2-5H3,(H,24,27). The second-order valence-electron chi connectivity index (χ2n) is 8.27. The van der Waals surface area contributed by atoms with Crippen LogP contribution in [-0.4, -0.2) is 54.7 Å². The van der Waals surface area contributed by atoms with Gasteiger partial charge in [0.1, 0.15) is 0 Å². The topological polar surface area (TPSA) is 93.5 Å². The molecule has 0 radical (unpaired) electrons. The van der Waals surface area contributed by atoms with Gasteiger partial charge in [-0.05, 0) is 26.3 Å². The summed E-state index contributed by atoms with van der Waals surface area (Å²) in [4.78, 5) is 18.6. The van der Waals surface area contributed by atoms with Crippen LogP contribution in [0.4, 0.5) is 4.79 Å². The number of allylic oxidation sites excluding steroid dienone is 1. The van der Waals surface area contributed by atoms with E-state index in [0.29, 0.717) is 24.4 Å². The quantitative estimate of drug-likeness (QED) is 0.564. The molecule has 0 atom stereocenters. The third-order valence-corrected chi connectivity index (χ3v) is 5.97. The molecule has 0 spiro atoms. The molecular weight excluding hydrogens is 416 g/mol. The van der Waals surface area contributed by atoms with E-state index in [1.807, 2.05) is 26.8 Å². The molecule has 2 aromatic rings. The first kappa shape index (κ1) is 24.6. The predicted molar refractivity (Wildman–Crippen MR) is 120 cm³/mol. The van der Waals surface area contributed by atoms with Crippen molar-refractivity contribution in [1.29, 1.82) is 0 Å². The summed E-state index contributed by atoms with van der Waals surface area (Å²) in [5.41, 5.74) is 0.878. The Kier molecular flexibility index (Phi) is 8.41. The first-order chi connectivity index (χ1) is 14.6. The smallest absolute Gasteiger partial charge is 0.318 e. The van der Waals surface area contributed by atoms with E-state index in [1.54, 1.807) is 46.9 Å². The molecule has 9 heteroatoms. The van der Waals surface area contributed by atoms with Crippen LogP contribution in [0.2, 0.25) is 0 Å². The Morgan fingerprint density at radius 3 is 2.55 bits per heavy atom. The van der Waals surface area contributed by atoms with E-state index >= 15 is 0 Å². The Morgan fingerprint density at radius 1 is 1.29 bits per heavy atom. The van der Waals surface area contributed by atoms with E-state index in [-0.39, 0.29) is 30.0 Å². The zero-order valence-electron chi connectivity index (χ0n) is 18.7. The van der Waals surface area contributed by atoms with E-state index in [0.717, 1.165) is 0 Å². The van der Waals surface area contributed by atoms with Crippen LogP contribution in [0.1, 0.15) is 32.0 Å². The molecule has 1 aromatic heterocycles. The van der Waals surface area contributed by atoms with Crippen molar-refractivity contribution < 1.29 is 17.9 Å². The van der Waals surface area contributed by atoms with Gasteiger partial charge in [0.05, 0.1) is 30.8 Å². The van der Waals surface area contributed by atoms with Gasteiger partial charge in [0.25, 0.3) is 0 Å². The molecule has 0 saturated heterocycles. The number of hydrogen-bond acceptors (Lipinski definition) is 5. The van der Waals surface area contributed by atoms with Crippen molar-refractivity contribution in [3.8, 4) is 0 Å². The van der Waals surface area contributed by atoms with Gasteiger partial charge in [0.2, 0.25) is 15.0 Å². The van der Waals surface area contributed by atoms with Gasteiger partial charge in [-0.15, -0.1) is 6.58 Å². The molecule has 2 amide bonds. The number of benzene rings is 1. The zero-order chi connectivity index (χ0) is 23.1. The minimum atomic E-state index is -3.69. The van der Waals surface area contributed by atoms with Gasteiger partial charge in [-0.25, -0.2) is 18.2 Å². The molecule has 31 heavy (non-hydrogen) atoms. The molecule has 1 heterocycles. The number of urea groups is 1. The van der Waals surface area contributed by atoms with Gasteiger partial charge < -0.3 is 19.5 Å². The molecule has 0 saturated carbocycles. The lowest BCUT2D eigenvalue weighted by atomic mass is 10.1. The fourth-order valence-corrected chi connectivity index (χ4v) is 4.50. The Labute approximate surface area is 184 Å². The average molecular weight is 449 g/mol. The Morgan fingerprint density at radius 2 is 1.97 bits per heavy atom. The van der Waals surface area contributed by atoms with E-state index in [1.165, 1.54) is 6.20 Å². The molecule has 0 aliphatic rings. The second kappa shape index (κ2) is 10.6. The third-order valence-electron chi connectivity index (χ3n) is 4.38. The zero-order valence-corrected chi connectivity index (χ0v) is 19.5. The largest absolute Gasteiger partial charge is 0.383 e. The maximum absolute atomic E-state index is 13.1. The normalized spacial score (nSPS) is 11.9. The second-order valence-corrected chi connectivity index (χ2v) is 10.2. The average Bonchev–Trinajstić information content (AvgIpc) is 3.08. The van der Waals surface area contributed by atoms with Crippen LogP contribution in [0.3, 0.4) is 0 Å². The highest BCUT2D eigenvalue weighted by Crippen LogP contribution is 2.19. The van der Waals surface area contributed by atoms with Gasteiger partial charge in [-0.1, -0.05) is 36.4 Å². The van der Waals surface area contributed by atoms with Crippen molar-refractivity contribution in [3.63, 3.8) is 0 Å². The number of nitrogens with zero attached hydrogens (tertiary/aromatic N) is 3. The molecule has 2 rings (SSSR count). The molecule has 0 unspecified atom stereocenters. The van der Waals surface area contributed by atoms with Gasteiger partial charge in [0, 0.05) is 25.7 Å². The monoisotopic (exact) mass is 448 g/mol. The molecule has 1 N–H and O–H groups in total. The summed E-state index contributed by atoms with van der Waals surface area (Å²) in [5, 5.41) is 2.90. The lowest BCUT2D eigenvalue weighted by Gasteiger charge is -2.28. The van der Waals surface area contributed by atoms with Crippen LogP contribution in [0, 0.1) is 0 Å². The van der Waals surface area contributed by atoms with Crippen LogP contribution < -0.4 is 5.32 Å². The van der Waals surface area contributed by atoms with Crippen molar-refractivity contribution in [2.75, 3.05) is 20.3 Å². The number of methoxy groups -OCH3 is 1. The minimum absolute atomic E-state index is 0.0332. The van der Waals surface area contributed by atoms with Gasteiger partial charge in [0.15, 0.2) is 0 Å². The Balaban J connectivity index is 2.34. The number of carbonyl (C=O) groups excluding carboxylic acids is 1. The van der Waals surface area contributed by atoms with E-state index in [2.05, 4.69) is 16.9 Å². The maximum atomic E-state index is 13.1. The Bertz CT molecular complexity index is 979. The van der Waals surface area contributed by atoms with E-state index in [9.17, 15) is 13.2 Å². The number of rotatable bonds is 10. The number of nitrogens with one attached hydrogen (secondary N) is 1. The molecular formula is C22H32N4O4S. The van der Waals surface area contributed by atoms with Crippen molar-refractivity contribution in [3.05, 3.63) is 60.4 Å². The summed E-state index contributed by atoms with van der Waals surface area (Å²) < 4.78 is 32.8. The van der Waals surface area contributed by atoms with Crippen LogP contribution in [-0.2, 0) is 33.4 Å². The number of imidazole rings is 1. The predicted octanol–water partition coefficient (Wildman–Crippen LogP) is 3.00. The van der Waals surface area contributed by atoms with E-state index < -0.39 is 15.4 Å². The van der Waals surface area contributed by atoms with Crippen molar-refractivity contribution in [2.45, 2.75) is 50.3 Å². The molecule has 1 aromatic carbocycles. The van der Waals surface area contributed by atoms with Crippen molar-refractivity contribution in [1.82, 2.24) is 19.8 Å². The van der Waals surface area contributed by atoms with Gasteiger partial charge in [-0.2, -0.15) is 0 Å². The summed E-state index contributed by atoms with van der Waals surface area (Å²) in [6.45, 7) is 10.6. The SMILES string of the molecule is C=CCn1c(CN(CCOC)C(=O)NC(C)(C)C)cnc1S(=O)(=O)Cc1ccccc1. The number of hydrogen-bond donors (Lipinski definition) is 1. The number of amides is 2. The van der Waals surface area contributed by atoms with Crippen molar-refractivity contribution in [2.24, 2.45) is 0 Å². The summed E-state index contributed by atoms with van der Waals surface area (Å²) in [7, 11) is -2.12. The van der Waals surface area contributed by atoms with Crippen LogP contribution in [0.15, 0.2) is 54.3 Å². The summed E-state index contributed by atoms with van der Waals surface area (Å²) in [5.74, 6) is -0.153. The fourth-order valence-electron chi connectivity index (χ4n) is 3.00. The molecule has 8 nitrogen and oxygen atoms in total. The molecule has 0 aliphatic heterocycles. The highest BCUT2D eigenvalue weighted by Gasteiger charge is 2.26. The highest BCUT2D eigenvalue weighted by molar-refractivity contribution is 7.90. The molecule has 170 valence electrons. The Hall–Kier alpha value is -2.65. The fraction of sp³-hybridized carbons (Fsp3) is 0.455. The van der Waals surface area contributed by atoms with E-state index in [4.69, 9.17) is 4.74 Å². The van der Waals surface area contributed by atoms with Crippen LogP contribution in [0.5, 0.6) is 0 Å².